The van der Waals surface area contributed by atoms with Gasteiger partial charge in [0, 0.05) is 18.2 Å². The van der Waals surface area contributed by atoms with E-state index in [4.69, 9.17) is 0 Å². The van der Waals surface area contributed by atoms with Crippen LogP contribution in [0, 0.1) is 5.92 Å². The fraction of sp³-hybridized carbons (Fsp3) is 0.833. The Morgan fingerprint density at radius 2 is 2.05 bits per heavy atom. The van der Waals surface area contributed by atoms with Crippen LogP contribution in [-0.2, 0) is 14.6 Å². The highest BCUT2D eigenvalue weighted by Gasteiger charge is 2.47. The molecule has 0 aromatic rings. The molecule has 2 fully saturated rings. The number of aliphatic imine (C=N–C) groups is 1. The molecule has 0 bridgehead atoms. The number of nitrogens with zero attached hydrogens (tertiary/aromatic N) is 2. The molecule has 2 saturated heterocycles. The number of thioether (sulfide) groups is 1. The van der Waals surface area contributed by atoms with E-state index in [9.17, 15) is 13.2 Å². The minimum atomic E-state index is -2.92. The lowest BCUT2D eigenvalue weighted by atomic mass is 10.0. The summed E-state index contributed by atoms with van der Waals surface area (Å²) in [6.07, 6.45) is 1.59. The zero-order chi connectivity index (χ0) is 14.2. The Kier molecular flexibility index (Phi) is 4.25. The fourth-order valence-electron chi connectivity index (χ4n) is 2.56. The van der Waals surface area contributed by atoms with Gasteiger partial charge in [-0.15, -0.1) is 0 Å². The van der Waals surface area contributed by atoms with E-state index >= 15 is 0 Å². The van der Waals surface area contributed by atoms with Crippen LogP contribution in [0.15, 0.2) is 4.99 Å². The van der Waals surface area contributed by atoms with Crippen LogP contribution in [-0.4, -0.2) is 54.2 Å². The van der Waals surface area contributed by atoms with E-state index in [0.29, 0.717) is 5.17 Å². The smallest absolute Gasteiger partial charge is 0.251 e. The molecule has 0 spiro atoms. The van der Waals surface area contributed by atoms with Crippen molar-refractivity contribution in [3.63, 3.8) is 0 Å². The van der Waals surface area contributed by atoms with E-state index in [1.54, 1.807) is 0 Å². The van der Waals surface area contributed by atoms with Crippen molar-refractivity contribution < 1.29 is 13.2 Å². The summed E-state index contributed by atoms with van der Waals surface area (Å²) < 4.78 is 23.1. The monoisotopic (exact) mass is 304 g/mol. The van der Waals surface area contributed by atoms with E-state index in [-0.39, 0.29) is 34.6 Å². The maximum Gasteiger partial charge on any atom is 0.251 e. The van der Waals surface area contributed by atoms with Crippen LogP contribution in [0.5, 0.6) is 0 Å². The number of hydrogen-bond donors (Lipinski definition) is 0. The summed E-state index contributed by atoms with van der Waals surface area (Å²) in [5, 5.41) is 0.713. The first kappa shape index (κ1) is 14.8. The number of sulfone groups is 1. The van der Waals surface area contributed by atoms with Gasteiger partial charge in [-0.1, -0.05) is 25.6 Å². The van der Waals surface area contributed by atoms with Gasteiger partial charge >= 0.3 is 0 Å². The Balaban J connectivity index is 2.11. The molecule has 2 heterocycles. The highest BCUT2D eigenvalue weighted by Crippen LogP contribution is 2.37. The van der Waals surface area contributed by atoms with Crippen molar-refractivity contribution in [2.75, 3.05) is 18.6 Å². The lowest BCUT2D eigenvalue weighted by Gasteiger charge is -2.18. The molecular formula is C12H20N2O3S2. The summed E-state index contributed by atoms with van der Waals surface area (Å²) in [7, 11) is -1.09. The number of hydrogen-bond acceptors (Lipinski definition) is 4. The number of amidine groups is 1. The van der Waals surface area contributed by atoms with Crippen LogP contribution in [0.2, 0.25) is 0 Å². The van der Waals surface area contributed by atoms with Crippen molar-refractivity contribution in [3.8, 4) is 0 Å². The third-order valence-electron chi connectivity index (χ3n) is 3.87. The molecule has 0 N–H and O–H groups in total. The standard InChI is InChI=1S/C12H20N2O3S2/c1-4-8(5-2)11(15)13-12-14(3)9-6-19(16,17)7-10(9)18-12/h8-10H,4-7H2,1-3H3/t9-,10-/m1/s1. The van der Waals surface area contributed by atoms with Gasteiger partial charge in [-0.2, -0.15) is 4.99 Å². The molecule has 1 amide bonds. The first-order chi connectivity index (χ1) is 8.88. The molecule has 2 rings (SSSR count). The van der Waals surface area contributed by atoms with Crippen molar-refractivity contribution in [1.82, 2.24) is 4.90 Å². The first-order valence-electron chi connectivity index (χ1n) is 6.60. The molecule has 0 radical (unpaired) electrons. The number of fused-ring (bicyclic) bond motifs is 1. The van der Waals surface area contributed by atoms with E-state index in [2.05, 4.69) is 4.99 Å². The molecule has 2 atom stereocenters. The minimum Gasteiger partial charge on any atom is -0.349 e. The van der Waals surface area contributed by atoms with Gasteiger partial charge in [-0.25, -0.2) is 8.42 Å². The quantitative estimate of drug-likeness (QED) is 0.782. The predicted molar refractivity (Wildman–Crippen MR) is 78.1 cm³/mol. The van der Waals surface area contributed by atoms with Gasteiger partial charge in [0.25, 0.3) is 5.91 Å². The number of rotatable bonds is 3. The van der Waals surface area contributed by atoms with E-state index in [0.717, 1.165) is 12.8 Å². The van der Waals surface area contributed by atoms with Gasteiger partial charge in [0.15, 0.2) is 15.0 Å². The molecule has 0 aromatic carbocycles. The summed E-state index contributed by atoms with van der Waals surface area (Å²) in [5.41, 5.74) is 0. The van der Waals surface area contributed by atoms with Crippen LogP contribution in [0.4, 0.5) is 0 Å². The number of carbonyl (C=O) groups excluding carboxylic acids is 1. The second kappa shape index (κ2) is 5.44. The topological polar surface area (TPSA) is 66.8 Å². The average Bonchev–Trinajstić information content (AvgIpc) is 2.76. The number of amides is 1. The van der Waals surface area contributed by atoms with Crippen molar-refractivity contribution >= 4 is 32.7 Å². The van der Waals surface area contributed by atoms with Gasteiger partial charge in [0.1, 0.15) is 0 Å². The first-order valence-corrected chi connectivity index (χ1v) is 9.30. The van der Waals surface area contributed by atoms with Gasteiger partial charge in [-0.3, -0.25) is 4.79 Å². The van der Waals surface area contributed by atoms with Gasteiger partial charge in [0.05, 0.1) is 17.5 Å². The SMILES string of the molecule is CCC(CC)C(=O)N=C1S[C@@H]2CS(=O)(=O)C[C@H]2N1C. The zero-order valence-corrected chi connectivity index (χ0v) is 13.1. The van der Waals surface area contributed by atoms with Crippen molar-refractivity contribution in [2.24, 2.45) is 10.9 Å². The van der Waals surface area contributed by atoms with E-state index in [1.165, 1.54) is 11.8 Å². The van der Waals surface area contributed by atoms with E-state index < -0.39 is 9.84 Å². The van der Waals surface area contributed by atoms with Gasteiger partial charge in [-0.05, 0) is 12.8 Å². The van der Waals surface area contributed by atoms with E-state index in [1.807, 2.05) is 25.8 Å². The summed E-state index contributed by atoms with van der Waals surface area (Å²) in [5.74, 6) is 0.275. The molecule has 0 aromatic heterocycles. The second-order valence-electron chi connectivity index (χ2n) is 5.16. The third kappa shape index (κ3) is 2.97. The molecule has 7 heteroatoms. The lowest BCUT2D eigenvalue weighted by Crippen LogP contribution is -2.34. The van der Waals surface area contributed by atoms with Gasteiger partial charge < -0.3 is 4.90 Å². The normalized spacial score (nSPS) is 31.2. The minimum absolute atomic E-state index is 0.0225. The fourth-order valence-corrected chi connectivity index (χ4v) is 6.56. The van der Waals surface area contributed by atoms with Gasteiger partial charge in [0.2, 0.25) is 0 Å². The average molecular weight is 304 g/mol. The molecule has 108 valence electrons. The number of carbonyl (C=O) groups is 1. The summed E-state index contributed by atoms with van der Waals surface area (Å²) in [6.45, 7) is 3.97. The third-order valence-corrected chi connectivity index (χ3v) is 7.17. The van der Waals surface area contributed by atoms with Crippen molar-refractivity contribution in [3.05, 3.63) is 0 Å². The Hall–Kier alpha value is -0.560. The van der Waals surface area contributed by atoms with Crippen LogP contribution >= 0.6 is 11.8 Å². The maximum atomic E-state index is 12.0. The molecular weight excluding hydrogens is 284 g/mol. The van der Waals surface area contributed by atoms with Crippen LogP contribution in [0.3, 0.4) is 0 Å². The maximum absolute atomic E-state index is 12.0. The molecule has 0 aliphatic carbocycles. The molecule has 0 saturated carbocycles. The second-order valence-corrected chi connectivity index (χ2v) is 8.52. The Morgan fingerprint density at radius 3 is 2.58 bits per heavy atom. The van der Waals surface area contributed by atoms with Crippen molar-refractivity contribution in [1.29, 1.82) is 0 Å². The molecule has 2 aliphatic heterocycles. The Labute approximate surface area is 118 Å². The highest BCUT2D eigenvalue weighted by atomic mass is 32.2. The van der Waals surface area contributed by atoms with Crippen LogP contribution < -0.4 is 0 Å². The molecule has 0 unspecified atom stereocenters. The molecule has 19 heavy (non-hydrogen) atoms. The molecule has 2 aliphatic rings. The lowest BCUT2D eigenvalue weighted by molar-refractivity contribution is -0.121. The highest BCUT2D eigenvalue weighted by molar-refractivity contribution is 8.15. The van der Waals surface area contributed by atoms with Crippen LogP contribution in [0.1, 0.15) is 26.7 Å². The predicted octanol–water partition coefficient (Wildman–Crippen LogP) is 1.15. The zero-order valence-electron chi connectivity index (χ0n) is 11.5. The largest absolute Gasteiger partial charge is 0.349 e. The van der Waals surface area contributed by atoms with Crippen LogP contribution in [0.25, 0.3) is 0 Å². The van der Waals surface area contributed by atoms with Crippen molar-refractivity contribution in [2.45, 2.75) is 38.0 Å². The Bertz CT molecular complexity index is 497. The summed E-state index contributed by atoms with van der Waals surface area (Å²) in [6, 6.07) is -0.0248. The Morgan fingerprint density at radius 1 is 1.42 bits per heavy atom. The summed E-state index contributed by atoms with van der Waals surface area (Å²) in [4.78, 5) is 18.1. The summed E-state index contributed by atoms with van der Waals surface area (Å²) >= 11 is 1.43. The molecule has 5 nitrogen and oxygen atoms in total.